The van der Waals surface area contributed by atoms with E-state index >= 15 is 0 Å². The van der Waals surface area contributed by atoms with E-state index in [1.165, 1.54) is 0 Å². The Labute approximate surface area is 149 Å². The Balaban J connectivity index is 1.78. The molecule has 1 saturated heterocycles. The Morgan fingerprint density at radius 3 is 2.44 bits per heavy atom. The molecule has 1 aromatic rings. The first-order valence-electron chi connectivity index (χ1n) is 8.95. The molecule has 2 fully saturated rings. The van der Waals surface area contributed by atoms with Gasteiger partial charge in [-0.05, 0) is 37.2 Å². The Bertz CT molecular complexity index is 651. The molecule has 1 saturated carbocycles. The first-order valence-corrected chi connectivity index (χ1v) is 10.4. The van der Waals surface area contributed by atoms with Gasteiger partial charge in [-0.1, -0.05) is 18.9 Å². The summed E-state index contributed by atoms with van der Waals surface area (Å²) in [6.07, 6.45) is 6.45. The molecule has 0 radical (unpaired) electrons. The van der Waals surface area contributed by atoms with Crippen LogP contribution < -0.4 is 9.46 Å². The molecule has 0 spiro atoms. The summed E-state index contributed by atoms with van der Waals surface area (Å²) < 4.78 is 35.3. The molecule has 2 heterocycles. The van der Waals surface area contributed by atoms with Crippen LogP contribution in [0.5, 0.6) is 5.88 Å². The Morgan fingerprint density at radius 1 is 1.24 bits per heavy atom. The normalized spacial score (nSPS) is 26.5. The third kappa shape index (κ3) is 4.49. The van der Waals surface area contributed by atoms with E-state index in [1.54, 1.807) is 23.7 Å². The molecular formula is C17H27N3O4S. The minimum atomic E-state index is -3.57. The molecule has 0 amide bonds. The van der Waals surface area contributed by atoms with Crippen LogP contribution in [-0.4, -0.2) is 49.1 Å². The lowest BCUT2D eigenvalue weighted by molar-refractivity contribution is 0.0276. The van der Waals surface area contributed by atoms with Crippen molar-refractivity contribution < 1.29 is 18.3 Å². The average Bonchev–Trinajstić information content (AvgIpc) is 2.87. The van der Waals surface area contributed by atoms with Gasteiger partial charge in [-0.25, -0.2) is 4.98 Å². The molecule has 1 aliphatic heterocycles. The van der Waals surface area contributed by atoms with Crippen molar-refractivity contribution in [1.29, 1.82) is 0 Å². The van der Waals surface area contributed by atoms with Crippen LogP contribution in [0.25, 0.3) is 0 Å². The number of rotatable bonds is 6. The number of aromatic nitrogens is 1. The second-order valence-electron chi connectivity index (χ2n) is 6.93. The molecule has 0 unspecified atom stereocenters. The zero-order valence-electron chi connectivity index (χ0n) is 14.6. The minimum absolute atomic E-state index is 0.0759. The highest BCUT2D eigenvalue weighted by atomic mass is 32.2. The molecule has 1 aliphatic carbocycles. The Hall–Kier alpha value is -1.22. The summed E-state index contributed by atoms with van der Waals surface area (Å²) in [6.45, 7) is 1.13. The molecule has 25 heavy (non-hydrogen) atoms. The van der Waals surface area contributed by atoms with Gasteiger partial charge in [-0.15, -0.1) is 0 Å². The summed E-state index contributed by atoms with van der Waals surface area (Å²) in [7, 11) is -2.02. The highest BCUT2D eigenvalue weighted by Crippen LogP contribution is 2.38. The minimum Gasteiger partial charge on any atom is -0.481 e. The van der Waals surface area contributed by atoms with Crippen molar-refractivity contribution in [2.45, 2.75) is 50.7 Å². The number of aliphatic hydroxyl groups is 1. The van der Waals surface area contributed by atoms with E-state index in [4.69, 9.17) is 4.74 Å². The van der Waals surface area contributed by atoms with E-state index in [0.717, 1.165) is 31.2 Å². The van der Waals surface area contributed by atoms with Crippen LogP contribution in [0.1, 0.15) is 50.1 Å². The predicted molar refractivity (Wildman–Crippen MR) is 94.4 cm³/mol. The molecule has 1 aromatic heterocycles. The lowest BCUT2D eigenvalue weighted by atomic mass is 9.76. The van der Waals surface area contributed by atoms with Gasteiger partial charge in [0.15, 0.2) is 0 Å². The molecule has 3 rings (SSSR count). The van der Waals surface area contributed by atoms with Crippen molar-refractivity contribution in [3.63, 3.8) is 0 Å². The largest absolute Gasteiger partial charge is 0.481 e. The maximum Gasteiger partial charge on any atom is 0.280 e. The molecule has 0 aromatic carbocycles. The van der Waals surface area contributed by atoms with E-state index in [1.807, 2.05) is 6.07 Å². The van der Waals surface area contributed by atoms with Crippen LogP contribution in [0, 0.1) is 5.92 Å². The smallest absolute Gasteiger partial charge is 0.280 e. The first-order chi connectivity index (χ1) is 12.0. The van der Waals surface area contributed by atoms with Crippen molar-refractivity contribution >= 4 is 10.2 Å². The van der Waals surface area contributed by atoms with Crippen LogP contribution in [0.2, 0.25) is 0 Å². The maximum atomic E-state index is 12.9. The molecule has 0 bridgehead atoms. The zero-order valence-corrected chi connectivity index (χ0v) is 15.4. The van der Waals surface area contributed by atoms with E-state index in [0.29, 0.717) is 31.8 Å². The lowest BCUT2D eigenvalue weighted by Crippen LogP contribution is -2.47. The van der Waals surface area contributed by atoms with Crippen LogP contribution in [0.3, 0.4) is 0 Å². The number of hydrogen-bond donors (Lipinski definition) is 2. The lowest BCUT2D eigenvalue weighted by Gasteiger charge is -2.38. The standard InChI is InChI=1S/C17H27N3O4S/c1-24-16-7-6-13(12-18-16)17(14-10-15(21)11-14)19-25(22,23)20-8-4-2-3-5-9-20/h6-7,12,14-15,17,19,21H,2-5,8-11H2,1H3/t14?,15?,17-/m1/s1. The van der Waals surface area contributed by atoms with Gasteiger partial charge in [0.05, 0.1) is 19.3 Å². The van der Waals surface area contributed by atoms with Gasteiger partial charge in [0.2, 0.25) is 5.88 Å². The van der Waals surface area contributed by atoms with Gasteiger partial charge in [-0.2, -0.15) is 17.4 Å². The molecule has 140 valence electrons. The van der Waals surface area contributed by atoms with Crippen LogP contribution in [0.15, 0.2) is 18.3 Å². The summed E-state index contributed by atoms with van der Waals surface area (Å²) in [5.74, 6) is 0.568. The van der Waals surface area contributed by atoms with Crippen molar-refractivity contribution in [3.05, 3.63) is 23.9 Å². The van der Waals surface area contributed by atoms with Gasteiger partial charge >= 0.3 is 0 Å². The van der Waals surface area contributed by atoms with E-state index in [-0.39, 0.29) is 18.1 Å². The van der Waals surface area contributed by atoms with E-state index in [9.17, 15) is 13.5 Å². The molecule has 1 atom stereocenters. The monoisotopic (exact) mass is 369 g/mol. The molecule has 2 N–H and O–H groups in total. The summed E-state index contributed by atoms with van der Waals surface area (Å²) in [5, 5.41) is 9.66. The molecule has 8 heteroatoms. The van der Waals surface area contributed by atoms with Crippen molar-refractivity contribution in [2.24, 2.45) is 5.92 Å². The fourth-order valence-corrected chi connectivity index (χ4v) is 5.09. The van der Waals surface area contributed by atoms with Crippen molar-refractivity contribution in [1.82, 2.24) is 14.0 Å². The number of pyridine rings is 1. The highest BCUT2D eigenvalue weighted by molar-refractivity contribution is 7.87. The summed E-state index contributed by atoms with van der Waals surface area (Å²) in [4.78, 5) is 4.20. The number of methoxy groups -OCH3 is 1. The second-order valence-corrected chi connectivity index (χ2v) is 8.64. The number of nitrogens with zero attached hydrogens (tertiary/aromatic N) is 2. The van der Waals surface area contributed by atoms with Crippen LogP contribution in [0.4, 0.5) is 0 Å². The molecule has 2 aliphatic rings. The van der Waals surface area contributed by atoms with Gasteiger partial charge in [0, 0.05) is 25.4 Å². The third-order valence-electron chi connectivity index (χ3n) is 5.13. The number of hydrogen-bond acceptors (Lipinski definition) is 5. The number of aliphatic hydroxyl groups excluding tert-OH is 1. The second kappa shape index (κ2) is 7.99. The van der Waals surface area contributed by atoms with Crippen molar-refractivity contribution in [3.8, 4) is 5.88 Å². The highest BCUT2D eigenvalue weighted by Gasteiger charge is 2.38. The zero-order chi connectivity index (χ0) is 17.9. The van der Waals surface area contributed by atoms with Crippen LogP contribution in [-0.2, 0) is 10.2 Å². The van der Waals surface area contributed by atoms with Gasteiger partial charge in [-0.3, -0.25) is 0 Å². The fourth-order valence-electron chi connectivity index (χ4n) is 3.55. The predicted octanol–water partition coefficient (Wildman–Crippen LogP) is 1.61. The van der Waals surface area contributed by atoms with E-state index in [2.05, 4.69) is 9.71 Å². The Kier molecular flexibility index (Phi) is 5.93. The quantitative estimate of drug-likeness (QED) is 0.795. The van der Waals surface area contributed by atoms with Gasteiger partial charge < -0.3 is 9.84 Å². The molecule has 7 nitrogen and oxygen atoms in total. The third-order valence-corrected chi connectivity index (χ3v) is 6.73. The van der Waals surface area contributed by atoms with Crippen LogP contribution >= 0.6 is 0 Å². The fraction of sp³-hybridized carbons (Fsp3) is 0.706. The Morgan fingerprint density at radius 2 is 1.92 bits per heavy atom. The van der Waals surface area contributed by atoms with E-state index < -0.39 is 10.2 Å². The maximum absolute atomic E-state index is 12.9. The summed E-state index contributed by atoms with van der Waals surface area (Å²) in [5.41, 5.74) is 0.802. The summed E-state index contributed by atoms with van der Waals surface area (Å²) in [6, 6.07) is 3.19. The first kappa shape index (κ1) is 18.6. The number of nitrogens with one attached hydrogen (secondary N) is 1. The summed E-state index contributed by atoms with van der Waals surface area (Å²) >= 11 is 0. The average molecular weight is 369 g/mol. The number of ether oxygens (including phenoxy) is 1. The SMILES string of the molecule is COc1ccc([C@@H](NS(=O)(=O)N2CCCCCC2)C2CC(O)C2)cn1. The molecular weight excluding hydrogens is 342 g/mol. The van der Waals surface area contributed by atoms with Gasteiger partial charge in [0.1, 0.15) is 0 Å². The van der Waals surface area contributed by atoms with Gasteiger partial charge in [0.25, 0.3) is 10.2 Å². The van der Waals surface area contributed by atoms with Crippen molar-refractivity contribution in [2.75, 3.05) is 20.2 Å². The topological polar surface area (TPSA) is 91.8 Å².